The zero-order valence-electron chi connectivity index (χ0n) is 16.2. The first-order valence-electron chi connectivity index (χ1n) is 9.35. The molecular weight excluding hydrogens is 366 g/mol. The molecule has 4 rings (SSSR count). The molecule has 2 N–H and O–H groups in total. The van der Waals surface area contributed by atoms with E-state index in [2.05, 4.69) is 15.3 Å². The van der Waals surface area contributed by atoms with Crippen LogP contribution >= 0.6 is 0 Å². The Kier molecular flexibility index (Phi) is 5.16. The van der Waals surface area contributed by atoms with Crippen LogP contribution in [0.15, 0.2) is 66.7 Å². The molecule has 4 aromatic rings. The standard InChI is InChI=1S/C23H21N3O3/c1-3-29-21-14-16(11-12-20(21)28-2)23(27)24-17-8-6-7-15(13-17)22-25-18-9-4-5-10-19(18)26-22/h4-14H,3H2,1-2H3,(H,24,27)(H,25,26). The summed E-state index contributed by atoms with van der Waals surface area (Å²) in [6.07, 6.45) is 0. The van der Waals surface area contributed by atoms with Crippen molar-refractivity contribution in [1.29, 1.82) is 0 Å². The quantitative estimate of drug-likeness (QED) is 0.494. The Balaban J connectivity index is 1.57. The second kappa shape index (κ2) is 8.06. The van der Waals surface area contributed by atoms with E-state index in [9.17, 15) is 4.79 Å². The normalized spacial score (nSPS) is 10.7. The van der Waals surface area contributed by atoms with Crippen LogP contribution in [0.5, 0.6) is 11.5 Å². The van der Waals surface area contributed by atoms with Crippen LogP contribution in [-0.2, 0) is 0 Å². The topological polar surface area (TPSA) is 76.2 Å². The molecule has 0 aliphatic rings. The molecule has 0 saturated carbocycles. The van der Waals surface area contributed by atoms with Gasteiger partial charge in [-0.15, -0.1) is 0 Å². The third-order valence-electron chi connectivity index (χ3n) is 4.51. The van der Waals surface area contributed by atoms with E-state index < -0.39 is 0 Å². The minimum Gasteiger partial charge on any atom is -0.493 e. The molecule has 6 nitrogen and oxygen atoms in total. The number of para-hydroxylation sites is 2. The van der Waals surface area contributed by atoms with E-state index in [4.69, 9.17) is 9.47 Å². The molecule has 0 radical (unpaired) electrons. The van der Waals surface area contributed by atoms with Crippen LogP contribution in [0.1, 0.15) is 17.3 Å². The van der Waals surface area contributed by atoms with Gasteiger partial charge in [-0.2, -0.15) is 0 Å². The number of nitrogens with zero attached hydrogens (tertiary/aromatic N) is 1. The van der Waals surface area contributed by atoms with Crippen molar-refractivity contribution in [2.24, 2.45) is 0 Å². The van der Waals surface area contributed by atoms with Crippen molar-refractivity contribution in [3.8, 4) is 22.9 Å². The highest BCUT2D eigenvalue weighted by atomic mass is 16.5. The predicted octanol–water partition coefficient (Wildman–Crippen LogP) is 4.89. The summed E-state index contributed by atoms with van der Waals surface area (Å²) in [7, 11) is 1.57. The summed E-state index contributed by atoms with van der Waals surface area (Å²) in [5.41, 5.74) is 3.94. The van der Waals surface area contributed by atoms with Crippen LogP contribution in [0, 0.1) is 0 Å². The number of ether oxygens (including phenoxy) is 2. The van der Waals surface area contributed by atoms with Gasteiger partial charge in [0.15, 0.2) is 11.5 Å². The first-order valence-corrected chi connectivity index (χ1v) is 9.35. The van der Waals surface area contributed by atoms with Gasteiger partial charge in [0.1, 0.15) is 5.82 Å². The average molecular weight is 387 g/mol. The van der Waals surface area contributed by atoms with Gasteiger partial charge < -0.3 is 19.8 Å². The number of anilines is 1. The number of aromatic amines is 1. The molecule has 0 aliphatic heterocycles. The van der Waals surface area contributed by atoms with E-state index in [1.54, 1.807) is 25.3 Å². The van der Waals surface area contributed by atoms with Crippen molar-refractivity contribution >= 4 is 22.6 Å². The smallest absolute Gasteiger partial charge is 0.255 e. The highest BCUT2D eigenvalue weighted by molar-refractivity contribution is 6.05. The lowest BCUT2D eigenvalue weighted by molar-refractivity contribution is 0.102. The lowest BCUT2D eigenvalue weighted by atomic mass is 10.1. The van der Waals surface area contributed by atoms with Crippen LogP contribution in [0.2, 0.25) is 0 Å². The van der Waals surface area contributed by atoms with Gasteiger partial charge >= 0.3 is 0 Å². The van der Waals surface area contributed by atoms with Crippen molar-refractivity contribution in [2.45, 2.75) is 6.92 Å². The number of benzene rings is 3. The Hall–Kier alpha value is -3.80. The molecule has 0 fully saturated rings. The first kappa shape index (κ1) is 18.6. The second-order valence-corrected chi connectivity index (χ2v) is 6.44. The monoisotopic (exact) mass is 387 g/mol. The molecular formula is C23H21N3O3. The van der Waals surface area contributed by atoms with Gasteiger partial charge in [0.05, 0.1) is 24.8 Å². The van der Waals surface area contributed by atoms with E-state index in [0.717, 1.165) is 22.4 Å². The van der Waals surface area contributed by atoms with Crippen LogP contribution in [0.25, 0.3) is 22.4 Å². The number of fused-ring (bicyclic) bond motifs is 1. The highest BCUT2D eigenvalue weighted by Gasteiger charge is 2.12. The van der Waals surface area contributed by atoms with Crippen molar-refractivity contribution in [3.63, 3.8) is 0 Å². The number of H-pyrrole nitrogens is 1. The second-order valence-electron chi connectivity index (χ2n) is 6.44. The average Bonchev–Trinajstić information content (AvgIpc) is 3.18. The molecule has 6 heteroatoms. The Bertz CT molecular complexity index is 1130. The molecule has 0 unspecified atom stereocenters. The molecule has 146 valence electrons. The van der Waals surface area contributed by atoms with Gasteiger partial charge in [0.25, 0.3) is 5.91 Å². The Morgan fingerprint density at radius 1 is 1.03 bits per heavy atom. The highest BCUT2D eigenvalue weighted by Crippen LogP contribution is 2.29. The Labute approximate surface area is 168 Å². The fourth-order valence-corrected chi connectivity index (χ4v) is 3.12. The maximum atomic E-state index is 12.7. The summed E-state index contributed by atoms with van der Waals surface area (Å²) < 4.78 is 10.8. The number of hydrogen-bond donors (Lipinski definition) is 2. The molecule has 29 heavy (non-hydrogen) atoms. The fraction of sp³-hybridized carbons (Fsp3) is 0.130. The number of carbonyl (C=O) groups is 1. The summed E-state index contributed by atoms with van der Waals surface area (Å²) in [6.45, 7) is 2.37. The van der Waals surface area contributed by atoms with Crippen LogP contribution in [0.3, 0.4) is 0 Å². The van der Waals surface area contributed by atoms with Crippen molar-refractivity contribution in [2.75, 3.05) is 19.0 Å². The van der Waals surface area contributed by atoms with Crippen molar-refractivity contribution in [1.82, 2.24) is 9.97 Å². The minimum absolute atomic E-state index is 0.227. The Morgan fingerprint density at radius 3 is 2.69 bits per heavy atom. The molecule has 3 aromatic carbocycles. The summed E-state index contributed by atoms with van der Waals surface area (Å²) >= 11 is 0. The minimum atomic E-state index is -0.227. The fourth-order valence-electron chi connectivity index (χ4n) is 3.12. The maximum absolute atomic E-state index is 12.7. The number of imidazole rings is 1. The van der Waals surface area contributed by atoms with Gasteiger partial charge in [0.2, 0.25) is 0 Å². The van der Waals surface area contributed by atoms with E-state index in [1.807, 2.05) is 55.5 Å². The zero-order valence-corrected chi connectivity index (χ0v) is 16.2. The van der Waals surface area contributed by atoms with Crippen LogP contribution < -0.4 is 14.8 Å². The third-order valence-corrected chi connectivity index (χ3v) is 4.51. The van der Waals surface area contributed by atoms with Gasteiger partial charge in [-0.25, -0.2) is 4.98 Å². The first-order chi connectivity index (χ1) is 14.2. The lowest BCUT2D eigenvalue weighted by Gasteiger charge is -2.11. The van der Waals surface area contributed by atoms with Gasteiger partial charge in [-0.05, 0) is 49.4 Å². The number of amides is 1. The van der Waals surface area contributed by atoms with Crippen LogP contribution in [0.4, 0.5) is 5.69 Å². The number of rotatable bonds is 6. The third kappa shape index (κ3) is 3.91. The number of aromatic nitrogens is 2. The zero-order chi connectivity index (χ0) is 20.2. The van der Waals surface area contributed by atoms with Gasteiger partial charge in [-0.1, -0.05) is 24.3 Å². The summed E-state index contributed by atoms with van der Waals surface area (Å²) in [5.74, 6) is 1.66. The molecule has 0 saturated heterocycles. The SMILES string of the molecule is CCOc1cc(C(=O)Nc2cccc(-c3nc4ccccc4[nH]3)c2)ccc1OC. The molecule has 1 heterocycles. The number of carbonyl (C=O) groups excluding carboxylic acids is 1. The molecule has 1 aromatic heterocycles. The maximum Gasteiger partial charge on any atom is 0.255 e. The van der Waals surface area contributed by atoms with Gasteiger partial charge in [-0.3, -0.25) is 4.79 Å². The number of methoxy groups -OCH3 is 1. The van der Waals surface area contributed by atoms with E-state index in [0.29, 0.717) is 29.4 Å². The molecule has 0 atom stereocenters. The summed E-state index contributed by atoms with van der Waals surface area (Å²) in [6, 6.07) is 20.6. The van der Waals surface area contributed by atoms with Gasteiger partial charge in [0, 0.05) is 16.8 Å². The Morgan fingerprint density at radius 2 is 1.90 bits per heavy atom. The van der Waals surface area contributed by atoms with E-state index >= 15 is 0 Å². The summed E-state index contributed by atoms with van der Waals surface area (Å²) in [5, 5.41) is 2.93. The molecule has 0 bridgehead atoms. The molecule has 0 spiro atoms. The number of hydrogen-bond acceptors (Lipinski definition) is 4. The lowest BCUT2D eigenvalue weighted by Crippen LogP contribution is -2.12. The number of nitrogens with one attached hydrogen (secondary N) is 2. The predicted molar refractivity (Wildman–Crippen MR) is 114 cm³/mol. The van der Waals surface area contributed by atoms with E-state index in [-0.39, 0.29) is 5.91 Å². The summed E-state index contributed by atoms with van der Waals surface area (Å²) in [4.78, 5) is 20.6. The van der Waals surface area contributed by atoms with Crippen molar-refractivity contribution in [3.05, 3.63) is 72.3 Å². The van der Waals surface area contributed by atoms with E-state index in [1.165, 1.54) is 0 Å². The largest absolute Gasteiger partial charge is 0.493 e. The molecule has 1 amide bonds. The van der Waals surface area contributed by atoms with Crippen LogP contribution in [-0.4, -0.2) is 29.6 Å². The molecule has 0 aliphatic carbocycles. The van der Waals surface area contributed by atoms with Crippen molar-refractivity contribution < 1.29 is 14.3 Å².